The van der Waals surface area contributed by atoms with Gasteiger partial charge in [0.25, 0.3) is 5.91 Å². The molecule has 0 radical (unpaired) electrons. The standard InChI is InChI=1S/C25H29NO5/c1-16-12-18(11-10-17-8-6-5-7-9-17)31-22(28)20(16)21(27)26-13-19-24(2,3)14-25(19,15-26)23(29)30-4/h5-9,12,19H,10-11,13-15H2,1-4H3/t19-,25+/m1/s1. The lowest BCUT2D eigenvalue weighted by Gasteiger charge is -2.54. The number of esters is 1. The summed E-state index contributed by atoms with van der Waals surface area (Å²) in [7, 11) is 1.39. The summed E-state index contributed by atoms with van der Waals surface area (Å²) >= 11 is 0. The van der Waals surface area contributed by atoms with Crippen molar-refractivity contribution < 1.29 is 18.7 Å². The number of aryl methyl sites for hydroxylation is 3. The zero-order chi connectivity index (χ0) is 22.4. The van der Waals surface area contributed by atoms with Crippen molar-refractivity contribution in [1.82, 2.24) is 4.90 Å². The van der Waals surface area contributed by atoms with Gasteiger partial charge in [0.1, 0.15) is 11.3 Å². The summed E-state index contributed by atoms with van der Waals surface area (Å²) in [5.74, 6) is -0.0491. The summed E-state index contributed by atoms with van der Waals surface area (Å²) in [6.07, 6.45) is 2.01. The van der Waals surface area contributed by atoms with Crippen LogP contribution < -0.4 is 5.63 Å². The monoisotopic (exact) mass is 423 g/mol. The molecule has 0 N–H and O–H groups in total. The molecule has 2 heterocycles. The molecule has 0 bridgehead atoms. The van der Waals surface area contributed by atoms with Gasteiger partial charge in [-0.3, -0.25) is 9.59 Å². The summed E-state index contributed by atoms with van der Waals surface area (Å²) < 4.78 is 10.6. The highest BCUT2D eigenvalue weighted by Crippen LogP contribution is 2.63. The zero-order valence-corrected chi connectivity index (χ0v) is 18.6. The van der Waals surface area contributed by atoms with Gasteiger partial charge in [-0.2, -0.15) is 0 Å². The van der Waals surface area contributed by atoms with Crippen LogP contribution in [0.1, 0.15) is 47.5 Å². The second-order valence-electron chi connectivity index (χ2n) is 9.60. The van der Waals surface area contributed by atoms with E-state index in [1.807, 2.05) is 30.3 Å². The van der Waals surface area contributed by atoms with E-state index in [1.165, 1.54) is 7.11 Å². The average molecular weight is 424 g/mol. The first-order valence-corrected chi connectivity index (χ1v) is 10.7. The third-order valence-corrected chi connectivity index (χ3v) is 7.05. The first-order valence-electron chi connectivity index (χ1n) is 10.7. The number of rotatable bonds is 5. The zero-order valence-electron chi connectivity index (χ0n) is 18.6. The van der Waals surface area contributed by atoms with Crippen molar-refractivity contribution in [1.29, 1.82) is 0 Å². The fourth-order valence-electron chi connectivity index (χ4n) is 5.65. The van der Waals surface area contributed by atoms with Crippen LogP contribution in [0.3, 0.4) is 0 Å². The van der Waals surface area contributed by atoms with Gasteiger partial charge in [-0.05, 0) is 48.3 Å². The van der Waals surface area contributed by atoms with Gasteiger partial charge in [0.05, 0.1) is 12.5 Å². The van der Waals surface area contributed by atoms with Crippen LogP contribution in [0, 0.1) is 23.7 Å². The van der Waals surface area contributed by atoms with E-state index in [9.17, 15) is 14.4 Å². The van der Waals surface area contributed by atoms with Crippen LogP contribution >= 0.6 is 0 Å². The molecule has 1 amide bonds. The Morgan fingerprint density at radius 1 is 1.19 bits per heavy atom. The second kappa shape index (κ2) is 7.66. The van der Waals surface area contributed by atoms with Crippen LogP contribution in [-0.4, -0.2) is 37.0 Å². The molecule has 1 aliphatic carbocycles. The molecule has 1 aliphatic heterocycles. The minimum Gasteiger partial charge on any atom is -0.469 e. The maximum atomic E-state index is 13.3. The van der Waals surface area contributed by atoms with Gasteiger partial charge in [-0.25, -0.2) is 4.79 Å². The molecule has 1 saturated heterocycles. The quantitative estimate of drug-likeness (QED) is 0.689. The van der Waals surface area contributed by atoms with Crippen LogP contribution in [0.4, 0.5) is 0 Å². The molecule has 6 heteroatoms. The van der Waals surface area contributed by atoms with Crippen molar-refractivity contribution in [3.63, 3.8) is 0 Å². The number of carbonyl (C=O) groups is 2. The number of benzene rings is 1. The number of hydrogen-bond donors (Lipinski definition) is 0. The van der Waals surface area contributed by atoms with E-state index in [2.05, 4.69) is 13.8 Å². The molecule has 2 atom stereocenters. The number of nitrogens with zero attached hydrogens (tertiary/aromatic N) is 1. The van der Waals surface area contributed by atoms with E-state index >= 15 is 0 Å². The van der Waals surface area contributed by atoms with Gasteiger partial charge < -0.3 is 14.1 Å². The van der Waals surface area contributed by atoms with E-state index in [4.69, 9.17) is 9.15 Å². The van der Waals surface area contributed by atoms with Crippen molar-refractivity contribution in [3.8, 4) is 0 Å². The Balaban J connectivity index is 1.54. The second-order valence-corrected chi connectivity index (χ2v) is 9.60. The summed E-state index contributed by atoms with van der Waals surface area (Å²) in [6.45, 7) is 6.69. The highest BCUT2D eigenvalue weighted by atomic mass is 16.5. The molecule has 2 fully saturated rings. The van der Waals surface area contributed by atoms with Gasteiger partial charge >= 0.3 is 11.6 Å². The molecule has 1 aromatic carbocycles. The SMILES string of the molecule is COC(=O)[C@@]12CN(C(=O)c3c(C)cc(CCc4ccccc4)oc3=O)C[C@@H]1C(C)(C)C2. The third-order valence-electron chi connectivity index (χ3n) is 7.05. The van der Waals surface area contributed by atoms with Crippen molar-refractivity contribution >= 4 is 11.9 Å². The minimum atomic E-state index is -0.669. The Morgan fingerprint density at radius 2 is 1.90 bits per heavy atom. The predicted molar refractivity (Wildman–Crippen MR) is 116 cm³/mol. The van der Waals surface area contributed by atoms with Gasteiger partial charge in [-0.1, -0.05) is 44.2 Å². The maximum Gasteiger partial charge on any atom is 0.349 e. The number of ether oxygens (including phenoxy) is 1. The normalized spacial score (nSPS) is 23.7. The molecule has 1 saturated carbocycles. The van der Waals surface area contributed by atoms with Crippen LogP contribution in [-0.2, 0) is 22.4 Å². The van der Waals surface area contributed by atoms with Gasteiger partial charge in [0, 0.05) is 19.5 Å². The Bertz CT molecular complexity index is 1070. The minimum absolute atomic E-state index is 0.0221. The lowest BCUT2D eigenvalue weighted by Crippen LogP contribution is -2.57. The molecular weight excluding hydrogens is 394 g/mol. The fourth-order valence-corrected chi connectivity index (χ4v) is 5.65. The first-order chi connectivity index (χ1) is 14.7. The number of hydrogen-bond acceptors (Lipinski definition) is 5. The number of amides is 1. The number of fused-ring (bicyclic) bond motifs is 1. The van der Waals surface area contributed by atoms with Crippen molar-refractivity contribution in [2.75, 3.05) is 20.2 Å². The third kappa shape index (κ3) is 3.58. The lowest BCUT2D eigenvalue weighted by molar-refractivity contribution is -0.174. The number of likely N-dealkylation sites (tertiary alicyclic amines) is 1. The van der Waals surface area contributed by atoms with E-state index in [0.717, 1.165) is 12.0 Å². The van der Waals surface area contributed by atoms with Crippen LogP contribution in [0.5, 0.6) is 0 Å². The highest BCUT2D eigenvalue weighted by molar-refractivity contribution is 5.96. The smallest absolute Gasteiger partial charge is 0.349 e. The van der Waals surface area contributed by atoms with Crippen LogP contribution in [0.2, 0.25) is 0 Å². The van der Waals surface area contributed by atoms with Crippen LogP contribution in [0.25, 0.3) is 0 Å². The van der Waals surface area contributed by atoms with E-state index in [-0.39, 0.29) is 35.3 Å². The molecular formula is C25H29NO5. The Morgan fingerprint density at radius 3 is 2.52 bits per heavy atom. The number of methoxy groups -OCH3 is 1. The summed E-state index contributed by atoms with van der Waals surface area (Å²) in [4.78, 5) is 40.2. The topological polar surface area (TPSA) is 76.8 Å². The lowest BCUT2D eigenvalue weighted by atomic mass is 9.48. The molecule has 1 aromatic heterocycles. The number of carbonyl (C=O) groups excluding carboxylic acids is 2. The summed E-state index contributed by atoms with van der Waals surface area (Å²) in [6, 6.07) is 11.8. The molecule has 6 nitrogen and oxygen atoms in total. The Hall–Kier alpha value is -2.89. The molecule has 31 heavy (non-hydrogen) atoms. The van der Waals surface area contributed by atoms with Crippen molar-refractivity contribution in [3.05, 3.63) is 69.3 Å². The predicted octanol–water partition coefficient (Wildman–Crippen LogP) is 3.39. The molecule has 4 rings (SSSR count). The largest absolute Gasteiger partial charge is 0.469 e. The first kappa shape index (κ1) is 21.3. The summed E-state index contributed by atoms with van der Waals surface area (Å²) in [5, 5.41) is 0. The van der Waals surface area contributed by atoms with Gasteiger partial charge in [-0.15, -0.1) is 0 Å². The molecule has 164 valence electrons. The summed E-state index contributed by atoms with van der Waals surface area (Å²) in [5.41, 5.74) is 0.490. The van der Waals surface area contributed by atoms with Gasteiger partial charge in [0.2, 0.25) is 0 Å². The highest BCUT2D eigenvalue weighted by Gasteiger charge is 2.68. The van der Waals surface area contributed by atoms with Crippen LogP contribution in [0.15, 0.2) is 45.6 Å². The van der Waals surface area contributed by atoms with Crippen molar-refractivity contribution in [2.45, 2.75) is 40.0 Å². The average Bonchev–Trinajstić information content (AvgIpc) is 3.08. The van der Waals surface area contributed by atoms with E-state index in [0.29, 0.717) is 30.7 Å². The molecule has 0 unspecified atom stereocenters. The van der Waals surface area contributed by atoms with Crippen molar-refractivity contribution in [2.24, 2.45) is 16.7 Å². The molecule has 2 aromatic rings. The Labute approximate surface area is 182 Å². The van der Waals surface area contributed by atoms with Gasteiger partial charge in [0.15, 0.2) is 0 Å². The molecule has 2 aliphatic rings. The Kier molecular flexibility index (Phi) is 5.28. The maximum absolute atomic E-state index is 13.3. The van der Waals surface area contributed by atoms with E-state index < -0.39 is 11.0 Å². The molecule has 0 spiro atoms. The van der Waals surface area contributed by atoms with E-state index in [1.54, 1.807) is 17.9 Å². The fraction of sp³-hybridized carbons (Fsp3) is 0.480.